The average Bonchev–Trinajstić information content (AvgIpc) is 3.66. The first-order valence-corrected chi connectivity index (χ1v) is 14.7. The third kappa shape index (κ3) is 3.19. The van der Waals surface area contributed by atoms with Crippen LogP contribution in [0.15, 0.2) is 0 Å². The first-order chi connectivity index (χ1) is 16.1. The number of hydrogen-bond donors (Lipinski definition) is 3. The topological polar surface area (TPSA) is 77.8 Å². The van der Waals surface area contributed by atoms with Crippen molar-refractivity contribution >= 4 is 5.97 Å². The minimum Gasteiger partial charge on any atom is -0.481 e. The molecule has 6 aliphatic rings. The molecule has 34 heavy (non-hydrogen) atoms. The second-order valence-electron chi connectivity index (χ2n) is 14.3. The van der Waals surface area contributed by atoms with E-state index < -0.39 is 5.97 Å². The van der Waals surface area contributed by atoms with Crippen LogP contribution in [0.1, 0.15) is 91.9 Å². The number of aliphatic hydroxyl groups is 2. The molecule has 0 heterocycles. The number of carboxylic acid groups (broad SMARTS) is 1. The fourth-order valence-electron chi connectivity index (χ4n) is 11.9. The Bertz CT molecular complexity index is 827. The van der Waals surface area contributed by atoms with E-state index in [1.807, 2.05) is 0 Å². The molecule has 8 unspecified atom stereocenters. The Hall–Kier alpha value is -0.610. The molecular formula is C30H48O4. The second-order valence-corrected chi connectivity index (χ2v) is 14.3. The third-order valence-corrected chi connectivity index (χ3v) is 13.3. The smallest absolute Gasteiger partial charge is 0.303 e. The first kappa shape index (κ1) is 23.8. The number of fused-ring (bicyclic) bond motifs is 5. The summed E-state index contributed by atoms with van der Waals surface area (Å²) in [6.45, 7) is 9.75. The lowest BCUT2D eigenvalue weighted by molar-refractivity contribution is -0.137. The zero-order valence-corrected chi connectivity index (χ0v) is 21.8. The maximum Gasteiger partial charge on any atom is 0.303 e. The fraction of sp³-hybridized carbons (Fsp3) is 0.967. The van der Waals surface area contributed by atoms with Crippen molar-refractivity contribution in [1.82, 2.24) is 0 Å². The maximum absolute atomic E-state index is 11.9. The van der Waals surface area contributed by atoms with E-state index in [1.165, 1.54) is 32.1 Å². The largest absolute Gasteiger partial charge is 0.481 e. The van der Waals surface area contributed by atoms with Gasteiger partial charge in [-0.25, -0.2) is 0 Å². The van der Waals surface area contributed by atoms with Crippen LogP contribution in [0.2, 0.25) is 0 Å². The molecule has 0 radical (unpaired) electrons. The lowest BCUT2D eigenvalue weighted by atomic mass is 9.61. The van der Waals surface area contributed by atoms with Crippen LogP contribution < -0.4 is 0 Å². The van der Waals surface area contributed by atoms with Gasteiger partial charge in [-0.15, -0.1) is 0 Å². The van der Waals surface area contributed by atoms with Gasteiger partial charge >= 0.3 is 5.97 Å². The number of rotatable bonds is 5. The van der Waals surface area contributed by atoms with Crippen molar-refractivity contribution < 1.29 is 20.1 Å². The number of aliphatic hydroxyl groups excluding tert-OH is 2. The highest BCUT2D eigenvalue weighted by Gasteiger charge is 2.75. The zero-order valence-electron chi connectivity index (χ0n) is 21.8. The van der Waals surface area contributed by atoms with Gasteiger partial charge in [-0.2, -0.15) is 0 Å². The summed E-state index contributed by atoms with van der Waals surface area (Å²) in [5.74, 6) is 5.99. The Balaban J connectivity index is 1.34. The van der Waals surface area contributed by atoms with Crippen LogP contribution in [-0.4, -0.2) is 33.5 Å². The molecule has 0 aromatic rings. The highest BCUT2D eigenvalue weighted by atomic mass is 16.4. The lowest BCUT2D eigenvalue weighted by Gasteiger charge is -2.45. The monoisotopic (exact) mass is 472 g/mol. The summed E-state index contributed by atoms with van der Waals surface area (Å²) >= 11 is 0. The number of carbonyl (C=O) groups is 1. The van der Waals surface area contributed by atoms with Gasteiger partial charge in [-0.05, 0) is 127 Å². The molecule has 4 nitrogen and oxygen atoms in total. The summed E-state index contributed by atoms with van der Waals surface area (Å²) < 4.78 is 0. The molecule has 0 aliphatic heterocycles. The Labute approximate surface area is 206 Å². The van der Waals surface area contributed by atoms with Crippen LogP contribution in [0.5, 0.6) is 0 Å². The molecule has 6 saturated carbocycles. The molecule has 0 saturated heterocycles. The van der Waals surface area contributed by atoms with Gasteiger partial charge in [-0.3, -0.25) is 4.79 Å². The number of aliphatic carboxylic acids is 1. The quantitative estimate of drug-likeness (QED) is 0.486. The normalized spacial score (nSPS) is 58.2. The molecule has 0 spiro atoms. The molecule has 4 heteroatoms. The predicted octanol–water partition coefficient (Wildman–Crippen LogP) is 5.61. The highest BCUT2D eigenvalue weighted by Crippen LogP contribution is 2.79. The predicted molar refractivity (Wildman–Crippen MR) is 132 cm³/mol. The van der Waals surface area contributed by atoms with E-state index >= 15 is 0 Å². The highest BCUT2D eigenvalue weighted by molar-refractivity contribution is 5.66. The number of hydrogen-bond acceptors (Lipinski definition) is 3. The third-order valence-electron chi connectivity index (χ3n) is 13.3. The Morgan fingerprint density at radius 3 is 2.29 bits per heavy atom. The van der Waals surface area contributed by atoms with Gasteiger partial charge in [0, 0.05) is 6.42 Å². The standard InChI is InChI=1S/C30H48O4/c1-5-17-23-18-14-16(31)10-12-30(4,27(18)23)21-11-13-29(3)19(15(2)6-9-22(32)33)7-8-20(29)24-25(21)26(24)28(17)34/h15-21,23-28,31,34H,5-14H2,1-4H3,(H,32,33)/t15-,16-,17-,18?,19-,20?,21?,23?,24?,25?,26?,27?,28-,29-,30-/m1/s1. The summed E-state index contributed by atoms with van der Waals surface area (Å²) in [5, 5.41) is 31.9. The molecule has 0 amide bonds. The molecule has 6 aliphatic carbocycles. The molecule has 6 rings (SSSR count). The minimum atomic E-state index is -0.664. The van der Waals surface area contributed by atoms with E-state index in [4.69, 9.17) is 0 Å². The average molecular weight is 473 g/mol. The Kier molecular flexibility index (Phi) is 5.55. The van der Waals surface area contributed by atoms with Gasteiger partial charge in [-0.1, -0.05) is 34.1 Å². The summed E-state index contributed by atoms with van der Waals surface area (Å²) in [6.07, 6.45) is 10.0. The maximum atomic E-state index is 11.9. The van der Waals surface area contributed by atoms with Crippen molar-refractivity contribution in [3.8, 4) is 0 Å². The van der Waals surface area contributed by atoms with Gasteiger partial charge in [0.2, 0.25) is 0 Å². The van der Waals surface area contributed by atoms with Crippen LogP contribution in [0.3, 0.4) is 0 Å². The summed E-state index contributed by atoms with van der Waals surface area (Å²) in [4.78, 5) is 11.3. The number of carboxylic acids is 1. The molecule has 0 aromatic carbocycles. The van der Waals surface area contributed by atoms with Crippen LogP contribution >= 0.6 is 0 Å². The molecular weight excluding hydrogens is 424 g/mol. The summed E-state index contributed by atoms with van der Waals surface area (Å²) in [5.41, 5.74) is 0.603. The van der Waals surface area contributed by atoms with Gasteiger partial charge in [0.1, 0.15) is 0 Å². The van der Waals surface area contributed by atoms with Gasteiger partial charge < -0.3 is 15.3 Å². The van der Waals surface area contributed by atoms with Crippen LogP contribution in [0.4, 0.5) is 0 Å². The van der Waals surface area contributed by atoms with Crippen molar-refractivity contribution in [2.24, 2.45) is 75.9 Å². The molecule has 3 N–H and O–H groups in total. The molecule has 0 aromatic heterocycles. The van der Waals surface area contributed by atoms with E-state index in [0.29, 0.717) is 70.5 Å². The molecule has 192 valence electrons. The van der Waals surface area contributed by atoms with Crippen LogP contribution in [0, 0.1) is 75.9 Å². The van der Waals surface area contributed by atoms with Crippen molar-refractivity contribution in [3.05, 3.63) is 0 Å². The van der Waals surface area contributed by atoms with Crippen molar-refractivity contribution in [2.75, 3.05) is 0 Å². The fourth-order valence-corrected chi connectivity index (χ4v) is 11.9. The van der Waals surface area contributed by atoms with E-state index in [1.54, 1.807) is 0 Å². The van der Waals surface area contributed by atoms with E-state index in [0.717, 1.165) is 25.7 Å². The van der Waals surface area contributed by atoms with Gasteiger partial charge in [0.05, 0.1) is 12.2 Å². The molecule has 15 atom stereocenters. The zero-order chi connectivity index (χ0) is 24.2. The molecule has 6 fully saturated rings. The van der Waals surface area contributed by atoms with Crippen molar-refractivity contribution in [2.45, 2.75) is 104 Å². The van der Waals surface area contributed by atoms with Crippen LogP contribution in [-0.2, 0) is 4.79 Å². The van der Waals surface area contributed by atoms with Crippen molar-refractivity contribution in [1.29, 1.82) is 0 Å². The summed E-state index contributed by atoms with van der Waals surface area (Å²) in [6, 6.07) is 0. The Morgan fingerprint density at radius 1 is 0.941 bits per heavy atom. The van der Waals surface area contributed by atoms with E-state index in [2.05, 4.69) is 27.7 Å². The van der Waals surface area contributed by atoms with Crippen LogP contribution in [0.25, 0.3) is 0 Å². The first-order valence-electron chi connectivity index (χ1n) is 14.7. The van der Waals surface area contributed by atoms with E-state index in [9.17, 15) is 20.1 Å². The minimum absolute atomic E-state index is 0.152. The SMILES string of the molecule is CC[C@@H]1C2C3C[C@H](O)CC[C@](C)(C4CC[C@@]5(C)C(CC[C@@H]5[C@H](C)CCC(=O)O)C5C4C5[C@@H]1O)C32. The summed E-state index contributed by atoms with van der Waals surface area (Å²) in [7, 11) is 0. The Morgan fingerprint density at radius 2 is 1.62 bits per heavy atom. The van der Waals surface area contributed by atoms with E-state index in [-0.39, 0.29) is 24.0 Å². The van der Waals surface area contributed by atoms with Crippen molar-refractivity contribution in [3.63, 3.8) is 0 Å². The second kappa shape index (κ2) is 7.94. The van der Waals surface area contributed by atoms with Gasteiger partial charge in [0.15, 0.2) is 0 Å². The van der Waals surface area contributed by atoms with Gasteiger partial charge in [0.25, 0.3) is 0 Å². The molecule has 0 bridgehead atoms. The lowest BCUT2D eigenvalue weighted by Crippen LogP contribution is -2.40.